The maximum absolute atomic E-state index is 14.1. The van der Waals surface area contributed by atoms with Crippen molar-refractivity contribution in [3.63, 3.8) is 0 Å². The predicted octanol–water partition coefficient (Wildman–Crippen LogP) is 5.99. The maximum atomic E-state index is 14.1. The Morgan fingerprint density at radius 2 is 1.53 bits per heavy atom. The summed E-state index contributed by atoms with van der Waals surface area (Å²) < 4.78 is 67.2. The number of carbonyl (C=O) groups is 2. The number of alkyl halides is 3. The molecule has 0 aromatic heterocycles. The van der Waals surface area contributed by atoms with Crippen molar-refractivity contribution in [3.05, 3.63) is 100 Å². The molecule has 0 saturated heterocycles. The number of hydrogen-bond donors (Lipinski definition) is 1. The smallest absolute Gasteiger partial charge is 0.350 e. The number of aryl methyl sites for hydroxylation is 1. The zero-order valence-electron chi connectivity index (χ0n) is 24.6. The molecular weight excluding hydrogens is 603 g/mol. The maximum Gasteiger partial charge on any atom is 0.417 e. The normalized spacial score (nSPS) is 12.9. The van der Waals surface area contributed by atoms with Crippen LogP contribution < -0.4 is 9.62 Å². The van der Waals surface area contributed by atoms with E-state index in [-0.39, 0.29) is 18.7 Å². The molecule has 0 aliphatic carbocycles. The second-order valence-electron chi connectivity index (χ2n) is 11.4. The number of anilines is 1. The monoisotopic (exact) mass is 637 g/mol. The van der Waals surface area contributed by atoms with Crippen molar-refractivity contribution >= 4 is 39.1 Å². The predicted molar refractivity (Wildman–Crippen MR) is 162 cm³/mol. The van der Waals surface area contributed by atoms with Crippen molar-refractivity contribution in [1.82, 2.24) is 10.2 Å². The van der Waals surface area contributed by atoms with Crippen LogP contribution in [0.5, 0.6) is 0 Å². The van der Waals surface area contributed by atoms with E-state index in [0.29, 0.717) is 15.9 Å². The van der Waals surface area contributed by atoms with E-state index in [1.165, 1.54) is 4.90 Å². The Hall–Kier alpha value is -3.57. The fourth-order valence-electron chi connectivity index (χ4n) is 4.40. The minimum atomic E-state index is -4.86. The Balaban J connectivity index is 2.11. The third-order valence-corrected chi connectivity index (χ3v) is 7.94. The zero-order valence-corrected chi connectivity index (χ0v) is 26.1. The molecule has 0 heterocycles. The minimum Gasteiger partial charge on any atom is -0.350 e. The third-order valence-electron chi connectivity index (χ3n) is 6.47. The number of halogens is 4. The van der Waals surface area contributed by atoms with Crippen molar-refractivity contribution in [2.45, 2.75) is 58.4 Å². The van der Waals surface area contributed by atoms with Gasteiger partial charge in [-0.05, 0) is 57.0 Å². The first-order chi connectivity index (χ1) is 19.8. The van der Waals surface area contributed by atoms with Gasteiger partial charge in [-0.1, -0.05) is 71.8 Å². The van der Waals surface area contributed by atoms with Crippen LogP contribution in [0.4, 0.5) is 18.9 Å². The number of rotatable bonds is 10. The van der Waals surface area contributed by atoms with E-state index in [0.717, 1.165) is 29.5 Å². The third kappa shape index (κ3) is 9.72. The number of carbonyl (C=O) groups excluding carboxylic acids is 2. The molecule has 12 heteroatoms. The largest absolute Gasteiger partial charge is 0.417 e. The lowest BCUT2D eigenvalue weighted by Gasteiger charge is -2.35. The number of nitrogens with one attached hydrogen (secondary N) is 1. The lowest BCUT2D eigenvalue weighted by atomic mass is 10.0. The van der Waals surface area contributed by atoms with E-state index in [2.05, 4.69) is 5.32 Å². The van der Waals surface area contributed by atoms with Crippen molar-refractivity contribution in [2.24, 2.45) is 0 Å². The van der Waals surface area contributed by atoms with E-state index in [9.17, 15) is 31.2 Å². The van der Waals surface area contributed by atoms with Gasteiger partial charge in [0.25, 0.3) is 0 Å². The second kappa shape index (κ2) is 13.4. The van der Waals surface area contributed by atoms with Crippen LogP contribution in [0.1, 0.15) is 43.0 Å². The quantitative estimate of drug-likeness (QED) is 0.296. The SMILES string of the molecule is Cc1ccc(CN(C(=O)CN(c2ccc(Cl)c(C(F)(F)F)c2)S(C)(=O)=O)C(Cc2ccccc2)C(=O)NC(C)(C)C)cc1. The van der Waals surface area contributed by atoms with Gasteiger partial charge in [-0.25, -0.2) is 8.42 Å². The minimum absolute atomic E-state index is 0.0554. The summed E-state index contributed by atoms with van der Waals surface area (Å²) in [7, 11) is -4.26. The molecule has 0 bridgehead atoms. The van der Waals surface area contributed by atoms with E-state index >= 15 is 0 Å². The Labute approximate surface area is 255 Å². The van der Waals surface area contributed by atoms with Crippen LogP contribution in [0, 0.1) is 6.92 Å². The molecule has 1 N–H and O–H groups in total. The van der Waals surface area contributed by atoms with Crippen LogP contribution in [0.2, 0.25) is 5.02 Å². The Morgan fingerprint density at radius 3 is 2.07 bits per heavy atom. The van der Waals surface area contributed by atoms with Gasteiger partial charge in [0.15, 0.2) is 0 Å². The van der Waals surface area contributed by atoms with Gasteiger partial charge in [0, 0.05) is 18.5 Å². The molecule has 0 saturated carbocycles. The van der Waals surface area contributed by atoms with E-state index in [1.54, 1.807) is 57.2 Å². The van der Waals surface area contributed by atoms with Crippen LogP contribution in [-0.4, -0.2) is 49.5 Å². The van der Waals surface area contributed by atoms with Crippen LogP contribution in [0.15, 0.2) is 72.8 Å². The molecule has 0 fully saturated rings. The summed E-state index contributed by atoms with van der Waals surface area (Å²) in [4.78, 5) is 29.1. The van der Waals surface area contributed by atoms with Crippen molar-refractivity contribution in [3.8, 4) is 0 Å². The molecule has 232 valence electrons. The highest BCUT2D eigenvalue weighted by atomic mass is 35.5. The number of amides is 2. The van der Waals surface area contributed by atoms with Gasteiger partial charge in [-0.15, -0.1) is 0 Å². The van der Waals surface area contributed by atoms with Crippen LogP contribution >= 0.6 is 11.6 Å². The lowest BCUT2D eigenvalue weighted by molar-refractivity contribution is -0.140. The molecular formula is C31H35ClF3N3O4S. The summed E-state index contributed by atoms with van der Waals surface area (Å²) >= 11 is 5.76. The fourth-order valence-corrected chi connectivity index (χ4v) is 5.46. The summed E-state index contributed by atoms with van der Waals surface area (Å²) in [6, 6.07) is 17.8. The highest BCUT2D eigenvalue weighted by Gasteiger charge is 2.37. The molecule has 3 aromatic rings. The summed E-state index contributed by atoms with van der Waals surface area (Å²) in [6.07, 6.45) is -3.96. The number of benzene rings is 3. The van der Waals surface area contributed by atoms with E-state index in [1.807, 2.05) is 25.1 Å². The molecule has 0 aliphatic rings. The molecule has 2 amide bonds. The Morgan fingerprint density at radius 1 is 0.930 bits per heavy atom. The number of hydrogen-bond acceptors (Lipinski definition) is 4. The summed E-state index contributed by atoms with van der Waals surface area (Å²) in [5, 5.41) is 2.30. The van der Waals surface area contributed by atoms with Gasteiger partial charge in [-0.2, -0.15) is 13.2 Å². The molecule has 7 nitrogen and oxygen atoms in total. The van der Waals surface area contributed by atoms with Gasteiger partial charge >= 0.3 is 6.18 Å². The highest BCUT2D eigenvalue weighted by Crippen LogP contribution is 2.37. The van der Waals surface area contributed by atoms with Crippen LogP contribution in [-0.2, 0) is 38.8 Å². The topological polar surface area (TPSA) is 86.8 Å². The van der Waals surface area contributed by atoms with Crippen molar-refractivity contribution < 1.29 is 31.2 Å². The first-order valence-electron chi connectivity index (χ1n) is 13.4. The summed E-state index contributed by atoms with van der Waals surface area (Å²) in [5.74, 6) is -1.24. The second-order valence-corrected chi connectivity index (χ2v) is 13.7. The molecule has 0 aliphatic heterocycles. The van der Waals surface area contributed by atoms with Gasteiger partial charge in [0.1, 0.15) is 12.6 Å². The molecule has 0 radical (unpaired) electrons. The fraction of sp³-hybridized carbons (Fsp3) is 0.355. The molecule has 1 unspecified atom stereocenters. The zero-order chi connectivity index (χ0) is 32.2. The van der Waals surface area contributed by atoms with E-state index < -0.39 is 56.7 Å². The first-order valence-corrected chi connectivity index (χ1v) is 15.6. The number of sulfonamides is 1. The molecule has 3 aromatic carbocycles. The average Bonchev–Trinajstić information content (AvgIpc) is 2.89. The molecule has 3 rings (SSSR count). The summed E-state index contributed by atoms with van der Waals surface area (Å²) in [5.41, 5.74) is 0.126. The molecule has 43 heavy (non-hydrogen) atoms. The average molecular weight is 638 g/mol. The van der Waals surface area contributed by atoms with Crippen molar-refractivity contribution in [2.75, 3.05) is 17.1 Å². The van der Waals surface area contributed by atoms with Gasteiger partial charge in [0.05, 0.1) is 22.5 Å². The van der Waals surface area contributed by atoms with Crippen LogP contribution in [0.3, 0.4) is 0 Å². The summed E-state index contributed by atoms with van der Waals surface area (Å²) in [6.45, 7) is 6.37. The molecule has 1 atom stereocenters. The standard InChI is InChI=1S/C31H35ClF3N3O4S/c1-21-11-13-23(14-12-21)19-37(27(29(40)36-30(2,3)4)17-22-9-7-6-8-10-22)28(39)20-38(43(5,41)42)24-15-16-26(32)25(18-24)31(33,34)35/h6-16,18,27H,17,19-20H2,1-5H3,(H,36,40). The first kappa shape index (κ1) is 33.9. The molecule has 0 spiro atoms. The van der Waals surface area contributed by atoms with Gasteiger partial charge < -0.3 is 10.2 Å². The van der Waals surface area contributed by atoms with Gasteiger partial charge in [-0.3, -0.25) is 13.9 Å². The lowest BCUT2D eigenvalue weighted by Crippen LogP contribution is -2.56. The van der Waals surface area contributed by atoms with Gasteiger partial charge in [0.2, 0.25) is 21.8 Å². The van der Waals surface area contributed by atoms with E-state index in [4.69, 9.17) is 11.6 Å². The highest BCUT2D eigenvalue weighted by molar-refractivity contribution is 7.92. The Kier molecular flexibility index (Phi) is 10.6. The Bertz CT molecular complexity index is 1540. The van der Waals surface area contributed by atoms with Crippen molar-refractivity contribution in [1.29, 1.82) is 0 Å². The number of nitrogens with zero attached hydrogens (tertiary/aromatic N) is 2. The van der Waals surface area contributed by atoms with Crippen LogP contribution in [0.25, 0.3) is 0 Å².